The zero-order valence-corrected chi connectivity index (χ0v) is 19.1. The van der Waals surface area contributed by atoms with Crippen LogP contribution in [0, 0.1) is 0 Å². The summed E-state index contributed by atoms with van der Waals surface area (Å²) in [4.78, 5) is 12.7. The van der Waals surface area contributed by atoms with Crippen molar-refractivity contribution >= 4 is 14.3 Å². The van der Waals surface area contributed by atoms with Crippen LogP contribution in [0.25, 0.3) is 0 Å². The minimum Gasteiger partial charge on any atom is -0.459 e. The van der Waals surface area contributed by atoms with Gasteiger partial charge in [-0.05, 0) is 52.8 Å². The fourth-order valence-electron chi connectivity index (χ4n) is 3.03. The van der Waals surface area contributed by atoms with Crippen molar-refractivity contribution in [2.45, 2.75) is 109 Å². The molecule has 2 rings (SSSR count). The molecule has 2 heterocycles. The lowest BCUT2D eigenvalue weighted by atomic mass is 10.1. The van der Waals surface area contributed by atoms with Gasteiger partial charge in [0.2, 0.25) is 0 Å². The summed E-state index contributed by atoms with van der Waals surface area (Å²) >= 11 is 0. The molecule has 0 amide bonds. The van der Waals surface area contributed by atoms with Gasteiger partial charge in [0, 0.05) is 0 Å². The Kier molecular flexibility index (Phi) is 5.75. The first-order valence-electron chi connectivity index (χ1n) is 9.51. The van der Waals surface area contributed by atoms with E-state index in [4.69, 9.17) is 18.6 Å². The van der Waals surface area contributed by atoms with Crippen LogP contribution in [-0.4, -0.2) is 56.6 Å². The highest BCUT2D eigenvalue weighted by molar-refractivity contribution is 6.74. The molecule has 0 spiro atoms. The fourth-order valence-corrected chi connectivity index (χ4v) is 4.06. The number of carbonyl (C=O) groups is 1. The van der Waals surface area contributed by atoms with Crippen molar-refractivity contribution in [2.24, 2.45) is 0 Å². The SMILES string of the molecule is CC(C)(C)OC(=O)C1N[C@H](CO[Si](C)(C)C(C)(C)C)[C@H]2OC(C)(C)O[C@@H]12. The molecule has 7 heteroatoms. The Hall–Kier alpha value is -0.473. The summed E-state index contributed by atoms with van der Waals surface area (Å²) < 4.78 is 24.1. The van der Waals surface area contributed by atoms with Gasteiger partial charge in [0.05, 0.1) is 12.6 Å². The molecule has 0 radical (unpaired) electrons. The maximum Gasteiger partial charge on any atom is 0.326 e. The Labute approximate surface area is 159 Å². The maximum atomic E-state index is 12.7. The Morgan fingerprint density at radius 2 is 1.62 bits per heavy atom. The minimum absolute atomic E-state index is 0.103. The second kappa shape index (κ2) is 6.85. The van der Waals surface area contributed by atoms with Gasteiger partial charge in [-0.15, -0.1) is 0 Å². The number of fused-ring (bicyclic) bond motifs is 1. The number of rotatable bonds is 4. The van der Waals surface area contributed by atoms with E-state index in [-0.39, 0.29) is 29.3 Å². The summed E-state index contributed by atoms with van der Waals surface area (Å²) in [6.45, 7) is 20.9. The van der Waals surface area contributed by atoms with Gasteiger partial charge < -0.3 is 18.6 Å². The number of carbonyl (C=O) groups excluding carboxylic acids is 1. The number of esters is 1. The number of nitrogens with one attached hydrogen (secondary N) is 1. The quantitative estimate of drug-likeness (QED) is 0.590. The summed E-state index contributed by atoms with van der Waals surface area (Å²) in [6, 6.07) is -0.651. The predicted octanol–water partition coefficient (Wildman–Crippen LogP) is 3.21. The first-order valence-corrected chi connectivity index (χ1v) is 12.4. The van der Waals surface area contributed by atoms with E-state index in [2.05, 4.69) is 39.2 Å². The maximum absolute atomic E-state index is 12.7. The number of hydrogen-bond donors (Lipinski definition) is 1. The molecule has 26 heavy (non-hydrogen) atoms. The van der Waals surface area contributed by atoms with Crippen LogP contribution >= 0.6 is 0 Å². The monoisotopic (exact) mass is 387 g/mol. The summed E-state index contributed by atoms with van der Waals surface area (Å²) in [5.41, 5.74) is -0.543. The highest BCUT2D eigenvalue weighted by Crippen LogP contribution is 2.39. The molecule has 1 N–H and O–H groups in total. The zero-order chi connectivity index (χ0) is 20.1. The second-order valence-electron chi connectivity index (χ2n) is 10.4. The summed E-state index contributed by atoms with van der Waals surface area (Å²) in [7, 11) is -1.89. The minimum atomic E-state index is -1.89. The standard InChI is InChI=1S/C19H37NO5Si/c1-17(2,3)25-16(21)13-15-14(23-19(7,8)24-15)12(20-13)11-22-26(9,10)18(4,5)6/h12-15,20H,11H2,1-10H3/t12-,13?,14-,15+/m1/s1. The van der Waals surface area contributed by atoms with Crippen LogP contribution in [0.5, 0.6) is 0 Å². The van der Waals surface area contributed by atoms with Crippen LogP contribution < -0.4 is 5.32 Å². The van der Waals surface area contributed by atoms with Crippen molar-refractivity contribution in [1.82, 2.24) is 5.32 Å². The average molecular weight is 388 g/mol. The van der Waals surface area contributed by atoms with Gasteiger partial charge in [-0.3, -0.25) is 10.1 Å². The molecule has 0 saturated carbocycles. The summed E-state index contributed by atoms with van der Waals surface area (Å²) in [6.07, 6.45) is -0.597. The first-order chi connectivity index (χ1) is 11.5. The lowest BCUT2D eigenvalue weighted by Gasteiger charge is -2.37. The van der Waals surface area contributed by atoms with Crippen LogP contribution in [0.2, 0.25) is 18.1 Å². The molecule has 2 aliphatic rings. The smallest absolute Gasteiger partial charge is 0.326 e. The molecule has 0 aromatic rings. The third kappa shape index (κ3) is 4.87. The van der Waals surface area contributed by atoms with E-state index >= 15 is 0 Å². The largest absolute Gasteiger partial charge is 0.459 e. The second-order valence-corrected chi connectivity index (χ2v) is 15.2. The van der Waals surface area contributed by atoms with E-state index in [0.717, 1.165) is 0 Å². The molecule has 0 bridgehead atoms. The molecular weight excluding hydrogens is 350 g/mol. The van der Waals surface area contributed by atoms with Gasteiger partial charge in [-0.1, -0.05) is 20.8 Å². The van der Waals surface area contributed by atoms with Gasteiger partial charge in [-0.25, -0.2) is 0 Å². The Balaban J connectivity index is 2.12. The highest BCUT2D eigenvalue weighted by Gasteiger charge is 2.57. The topological polar surface area (TPSA) is 66.0 Å². The van der Waals surface area contributed by atoms with Crippen molar-refractivity contribution in [3.8, 4) is 0 Å². The van der Waals surface area contributed by atoms with Crippen LogP contribution in [0.1, 0.15) is 55.4 Å². The molecule has 2 saturated heterocycles. The van der Waals surface area contributed by atoms with Crippen molar-refractivity contribution in [1.29, 1.82) is 0 Å². The van der Waals surface area contributed by atoms with Crippen molar-refractivity contribution < 1.29 is 23.4 Å². The fraction of sp³-hybridized carbons (Fsp3) is 0.947. The van der Waals surface area contributed by atoms with E-state index in [1.807, 2.05) is 34.6 Å². The molecule has 4 atom stereocenters. The molecular formula is C19H37NO5Si. The Bertz CT molecular complexity index is 535. The third-order valence-electron chi connectivity index (χ3n) is 5.37. The van der Waals surface area contributed by atoms with Crippen LogP contribution in [-0.2, 0) is 23.4 Å². The van der Waals surface area contributed by atoms with Crippen molar-refractivity contribution in [2.75, 3.05) is 6.61 Å². The normalized spacial score (nSPS) is 31.8. The molecule has 6 nitrogen and oxygen atoms in total. The van der Waals surface area contributed by atoms with Crippen LogP contribution in [0.4, 0.5) is 0 Å². The summed E-state index contributed by atoms with van der Waals surface area (Å²) in [5, 5.41) is 3.48. The van der Waals surface area contributed by atoms with Gasteiger partial charge in [0.25, 0.3) is 0 Å². The lowest BCUT2D eigenvalue weighted by molar-refractivity contribution is -0.172. The van der Waals surface area contributed by atoms with E-state index in [1.165, 1.54) is 0 Å². The summed E-state index contributed by atoms with van der Waals surface area (Å²) in [5.74, 6) is -1.02. The van der Waals surface area contributed by atoms with Crippen molar-refractivity contribution in [3.63, 3.8) is 0 Å². The van der Waals surface area contributed by atoms with E-state index in [1.54, 1.807) is 0 Å². The van der Waals surface area contributed by atoms with E-state index in [9.17, 15) is 4.79 Å². The molecule has 2 aliphatic heterocycles. The van der Waals surface area contributed by atoms with Gasteiger partial charge in [0.1, 0.15) is 23.9 Å². The van der Waals surface area contributed by atoms with Crippen LogP contribution in [0.3, 0.4) is 0 Å². The number of hydrogen-bond acceptors (Lipinski definition) is 6. The molecule has 1 unspecified atom stereocenters. The molecule has 152 valence electrons. The molecule has 2 fully saturated rings. The molecule has 0 aromatic carbocycles. The highest BCUT2D eigenvalue weighted by atomic mass is 28.4. The average Bonchev–Trinajstić information content (AvgIpc) is 2.86. The molecule has 0 aromatic heterocycles. The third-order valence-corrected chi connectivity index (χ3v) is 9.87. The van der Waals surface area contributed by atoms with E-state index in [0.29, 0.717) is 6.61 Å². The Morgan fingerprint density at radius 3 is 2.12 bits per heavy atom. The van der Waals surface area contributed by atoms with Gasteiger partial charge >= 0.3 is 5.97 Å². The predicted molar refractivity (Wildman–Crippen MR) is 104 cm³/mol. The Morgan fingerprint density at radius 1 is 1.08 bits per heavy atom. The first kappa shape index (κ1) is 21.8. The lowest BCUT2D eigenvalue weighted by Crippen LogP contribution is -2.49. The van der Waals surface area contributed by atoms with Gasteiger partial charge in [0.15, 0.2) is 14.1 Å². The molecule has 0 aliphatic carbocycles. The van der Waals surface area contributed by atoms with Crippen LogP contribution in [0.15, 0.2) is 0 Å². The number of ether oxygens (including phenoxy) is 3. The van der Waals surface area contributed by atoms with E-state index < -0.39 is 25.7 Å². The van der Waals surface area contributed by atoms with Crippen molar-refractivity contribution in [3.05, 3.63) is 0 Å². The van der Waals surface area contributed by atoms with Gasteiger partial charge in [-0.2, -0.15) is 0 Å². The zero-order valence-electron chi connectivity index (χ0n) is 18.1.